The van der Waals surface area contributed by atoms with Crippen molar-refractivity contribution in [1.29, 1.82) is 0 Å². The van der Waals surface area contributed by atoms with Gasteiger partial charge in [-0.1, -0.05) is 37.6 Å². The minimum Gasteiger partial charge on any atom is -0.507 e. The van der Waals surface area contributed by atoms with Gasteiger partial charge in [0.25, 0.3) is 11.7 Å². The summed E-state index contributed by atoms with van der Waals surface area (Å²) in [6.07, 6.45) is 0.699. The summed E-state index contributed by atoms with van der Waals surface area (Å²) in [5.41, 5.74) is 1.06. The zero-order valence-electron chi connectivity index (χ0n) is 20.7. The Morgan fingerprint density at radius 3 is 2.49 bits per heavy atom. The second-order valence-electron chi connectivity index (χ2n) is 8.23. The Morgan fingerprint density at radius 1 is 1.11 bits per heavy atom. The predicted molar refractivity (Wildman–Crippen MR) is 137 cm³/mol. The molecule has 1 aliphatic heterocycles. The maximum Gasteiger partial charge on any atom is 0.295 e. The number of carbonyl (C=O) groups excluding carboxylic acids is 2. The first-order chi connectivity index (χ1) is 16.9. The van der Waals surface area contributed by atoms with Crippen LogP contribution >= 0.6 is 11.6 Å². The van der Waals surface area contributed by atoms with Gasteiger partial charge in [0.15, 0.2) is 0 Å². The van der Waals surface area contributed by atoms with Crippen molar-refractivity contribution in [2.24, 2.45) is 0 Å². The summed E-state index contributed by atoms with van der Waals surface area (Å²) in [6, 6.07) is 11.3. The fourth-order valence-corrected chi connectivity index (χ4v) is 4.58. The maximum absolute atomic E-state index is 13.2. The monoisotopic (exact) mass is 500 g/mol. The molecule has 7 nitrogen and oxygen atoms in total. The molecule has 1 N–H and O–H groups in total. The van der Waals surface area contributed by atoms with Gasteiger partial charge in [-0.25, -0.2) is 0 Å². The molecule has 8 heteroatoms. The number of methoxy groups -OCH3 is 1. The Balaban J connectivity index is 2.06. The summed E-state index contributed by atoms with van der Waals surface area (Å²) in [7, 11) is 1.56. The highest BCUT2D eigenvalue weighted by Gasteiger charge is 2.46. The van der Waals surface area contributed by atoms with Gasteiger partial charge in [0.05, 0.1) is 30.4 Å². The number of rotatable bonds is 11. The van der Waals surface area contributed by atoms with Crippen LogP contribution in [-0.2, 0) is 9.59 Å². The quantitative estimate of drug-likeness (QED) is 0.268. The van der Waals surface area contributed by atoms with E-state index in [4.69, 9.17) is 21.1 Å². The van der Waals surface area contributed by atoms with Crippen molar-refractivity contribution < 1.29 is 24.2 Å². The first kappa shape index (κ1) is 26.6. The minimum atomic E-state index is -0.743. The van der Waals surface area contributed by atoms with Crippen LogP contribution in [0.1, 0.15) is 44.4 Å². The summed E-state index contributed by atoms with van der Waals surface area (Å²) >= 11 is 6.33. The van der Waals surface area contributed by atoms with Crippen molar-refractivity contribution in [3.63, 3.8) is 0 Å². The van der Waals surface area contributed by atoms with E-state index >= 15 is 0 Å². The fourth-order valence-electron chi connectivity index (χ4n) is 4.35. The van der Waals surface area contributed by atoms with E-state index in [2.05, 4.69) is 18.7 Å². The average molecular weight is 501 g/mol. The van der Waals surface area contributed by atoms with Crippen molar-refractivity contribution in [2.45, 2.75) is 33.2 Å². The number of hydrogen-bond acceptors (Lipinski definition) is 6. The molecule has 1 atom stereocenters. The molecule has 0 saturated carbocycles. The SMILES string of the molecule is CCOc1ccc(/C(O)=C2\C(=O)C(=O)N(CCCN(CC)CC)[C@@H]2c2cccc(OC)c2)cc1Cl. The van der Waals surface area contributed by atoms with E-state index in [-0.39, 0.29) is 11.3 Å². The van der Waals surface area contributed by atoms with E-state index in [0.29, 0.717) is 47.2 Å². The summed E-state index contributed by atoms with van der Waals surface area (Å²) in [4.78, 5) is 30.2. The van der Waals surface area contributed by atoms with Gasteiger partial charge in [0.1, 0.15) is 17.3 Å². The number of ketones is 1. The van der Waals surface area contributed by atoms with Crippen LogP contribution in [0.3, 0.4) is 0 Å². The largest absolute Gasteiger partial charge is 0.507 e. The Bertz CT molecular complexity index is 1100. The Labute approximate surface area is 211 Å². The number of benzene rings is 2. The van der Waals surface area contributed by atoms with Gasteiger partial charge in [0, 0.05) is 12.1 Å². The van der Waals surface area contributed by atoms with E-state index in [1.165, 1.54) is 6.07 Å². The molecule has 0 aromatic heterocycles. The number of aliphatic hydroxyl groups is 1. The van der Waals surface area contributed by atoms with Gasteiger partial charge in [-0.3, -0.25) is 9.59 Å². The lowest BCUT2D eigenvalue weighted by atomic mass is 9.95. The Hall–Kier alpha value is -3.03. The number of likely N-dealkylation sites (tertiary alicyclic amines) is 1. The lowest BCUT2D eigenvalue weighted by Gasteiger charge is -2.27. The number of Topliss-reactive ketones (excluding diaryl/α,β-unsaturated/α-hetero) is 1. The lowest BCUT2D eigenvalue weighted by molar-refractivity contribution is -0.140. The van der Waals surface area contributed by atoms with Crippen molar-refractivity contribution in [3.8, 4) is 11.5 Å². The highest BCUT2D eigenvalue weighted by Crippen LogP contribution is 2.41. The van der Waals surface area contributed by atoms with Crippen molar-refractivity contribution >= 4 is 29.1 Å². The standard InChI is InChI=1S/C27H33ClN2O5/c1-5-29(6-2)14-9-15-30-24(18-10-8-11-20(16-18)34-4)23(26(32)27(30)33)25(31)19-12-13-22(35-7-3)21(28)17-19/h8,10-13,16-17,24,31H,5-7,9,14-15H2,1-4H3/b25-23+/t24-/m1/s1. The number of amides is 1. The van der Waals surface area contributed by atoms with Crippen LogP contribution in [0.2, 0.25) is 5.02 Å². The molecule has 0 spiro atoms. The molecule has 0 bridgehead atoms. The first-order valence-corrected chi connectivity index (χ1v) is 12.3. The van der Waals surface area contributed by atoms with Crippen molar-refractivity contribution in [3.05, 3.63) is 64.2 Å². The van der Waals surface area contributed by atoms with Gasteiger partial charge in [-0.05, 0) is 68.9 Å². The molecule has 0 aliphatic carbocycles. The zero-order valence-corrected chi connectivity index (χ0v) is 21.5. The van der Waals surface area contributed by atoms with Crippen molar-refractivity contribution in [2.75, 3.05) is 39.9 Å². The number of aliphatic hydroxyl groups excluding tert-OH is 1. The van der Waals surface area contributed by atoms with E-state index < -0.39 is 17.7 Å². The molecule has 0 unspecified atom stereocenters. The third-order valence-corrected chi connectivity index (χ3v) is 6.52. The van der Waals surface area contributed by atoms with Crippen molar-refractivity contribution in [1.82, 2.24) is 9.80 Å². The average Bonchev–Trinajstić information content (AvgIpc) is 3.12. The molecule has 3 rings (SSSR count). The van der Waals surface area contributed by atoms with Gasteiger partial charge in [0.2, 0.25) is 0 Å². The number of ether oxygens (including phenoxy) is 2. The fraction of sp³-hybridized carbons (Fsp3) is 0.407. The normalized spacial score (nSPS) is 17.3. The van der Waals surface area contributed by atoms with Crippen LogP contribution in [0.5, 0.6) is 11.5 Å². The lowest BCUT2D eigenvalue weighted by Crippen LogP contribution is -2.33. The number of hydrogen-bond donors (Lipinski definition) is 1. The molecule has 2 aromatic carbocycles. The highest BCUT2D eigenvalue weighted by molar-refractivity contribution is 6.46. The molecule has 1 amide bonds. The van der Waals surface area contributed by atoms with E-state index in [9.17, 15) is 14.7 Å². The molecule has 1 saturated heterocycles. The van der Waals surface area contributed by atoms with Gasteiger partial charge in [-0.2, -0.15) is 0 Å². The molecular formula is C27H33ClN2O5. The number of carbonyl (C=O) groups is 2. The topological polar surface area (TPSA) is 79.3 Å². The second-order valence-corrected chi connectivity index (χ2v) is 8.63. The maximum atomic E-state index is 13.2. The molecule has 1 fully saturated rings. The second kappa shape index (κ2) is 12.1. The minimum absolute atomic E-state index is 0.0336. The van der Waals surface area contributed by atoms with Crippen LogP contribution in [-0.4, -0.2) is 66.5 Å². The predicted octanol–water partition coefficient (Wildman–Crippen LogP) is 4.90. The third-order valence-electron chi connectivity index (χ3n) is 6.22. The van der Waals surface area contributed by atoms with Crippen LogP contribution in [0.25, 0.3) is 5.76 Å². The van der Waals surface area contributed by atoms with E-state index in [1.54, 1.807) is 42.3 Å². The zero-order chi connectivity index (χ0) is 25.5. The van der Waals surface area contributed by atoms with Gasteiger partial charge in [-0.15, -0.1) is 0 Å². The summed E-state index contributed by atoms with van der Waals surface area (Å²) < 4.78 is 10.8. The van der Waals surface area contributed by atoms with Crippen LogP contribution in [0.15, 0.2) is 48.0 Å². The van der Waals surface area contributed by atoms with Crippen LogP contribution in [0.4, 0.5) is 0 Å². The van der Waals surface area contributed by atoms with Crippen LogP contribution in [0, 0.1) is 0 Å². The Kier molecular flexibility index (Phi) is 9.18. The number of halogens is 1. The number of nitrogens with zero attached hydrogens (tertiary/aromatic N) is 2. The molecule has 1 aliphatic rings. The molecule has 35 heavy (non-hydrogen) atoms. The Morgan fingerprint density at radius 2 is 1.86 bits per heavy atom. The first-order valence-electron chi connectivity index (χ1n) is 11.9. The summed E-state index contributed by atoms with van der Waals surface area (Å²) in [6.45, 7) is 9.47. The third kappa shape index (κ3) is 5.80. The summed E-state index contributed by atoms with van der Waals surface area (Å²) in [5, 5.41) is 11.6. The molecule has 188 valence electrons. The summed E-state index contributed by atoms with van der Waals surface area (Å²) in [5.74, 6) is -0.543. The van der Waals surface area contributed by atoms with E-state index in [1.807, 2.05) is 13.0 Å². The smallest absolute Gasteiger partial charge is 0.295 e. The molecule has 2 aromatic rings. The van der Waals surface area contributed by atoms with Crippen LogP contribution < -0.4 is 9.47 Å². The molecule has 0 radical (unpaired) electrons. The molecule has 1 heterocycles. The molecular weight excluding hydrogens is 468 g/mol. The highest BCUT2D eigenvalue weighted by atomic mass is 35.5. The van der Waals surface area contributed by atoms with E-state index in [0.717, 1.165) is 19.6 Å². The van der Waals surface area contributed by atoms with Gasteiger partial charge >= 0.3 is 0 Å². The van der Waals surface area contributed by atoms with Gasteiger partial charge < -0.3 is 24.4 Å².